The van der Waals surface area contributed by atoms with Crippen LogP contribution in [0.4, 0.5) is 0 Å². The first-order valence-corrected chi connectivity index (χ1v) is 7.06. The van der Waals surface area contributed by atoms with Gasteiger partial charge in [0, 0.05) is 17.3 Å². The van der Waals surface area contributed by atoms with Crippen LogP contribution in [0, 0.1) is 0 Å². The maximum absolute atomic E-state index is 11.6. The van der Waals surface area contributed by atoms with Crippen molar-refractivity contribution in [2.24, 2.45) is 0 Å². The van der Waals surface area contributed by atoms with E-state index in [4.69, 9.17) is 4.74 Å². The minimum absolute atomic E-state index is 0. The summed E-state index contributed by atoms with van der Waals surface area (Å²) in [6.07, 6.45) is 2.77. The molecule has 0 spiro atoms. The fraction of sp³-hybridized carbons (Fsp3) is 0.375. The lowest BCUT2D eigenvalue weighted by Crippen LogP contribution is -2.10. The summed E-state index contributed by atoms with van der Waals surface area (Å²) in [5.41, 5.74) is 1.62. The Morgan fingerprint density at radius 1 is 1.14 bits per heavy atom. The standard InChI is InChI=1S/C16H20N2O2.BrH/c1-3-5-13-11-15(19)18-16(17-13)12-6-8-14(9-7-12)20-10-4-2;/h6-9,11H,3-5,10H2,1-2H3,(H,17,18,19);1H. The SMILES string of the molecule is Br.CCCOc1ccc(-c2nc(CCC)cc(=O)[nH]2)cc1. The Morgan fingerprint density at radius 2 is 1.86 bits per heavy atom. The number of rotatable bonds is 6. The Kier molecular flexibility index (Phi) is 7.15. The number of hydrogen-bond donors (Lipinski definition) is 1. The largest absolute Gasteiger partial charge is 0.494 e. The first kappa shape index (κ1) is 17.4. The highest BCUT2D eigenvalue weighted by atomic mass is 79.9. The van der Waals surface area contributed by atoms with Crippen molar-refractivity contribution in [1.29, 1.82) is 0 Å². The van der Waals surface area contributed by atoms with Crippen molar-refractivity contribution in [1.82, 2.24) is 9.97 Å². The molecule has 4 nitrogen and oxygen atoms in total. The molecule has 114 valence electrons. The second-order valence-corrected chi connectivity index (χ2v) is 4.71. The van der Waals surface area contributed by atoms with Gasteiger partial charge in [0.05, 0.1) is 6.61 Å². The van der Waals surface area contributed by atoms with Gasteiger partial charge in [0.15, 0.2) is 0 Å². The number of H-pyrrole nitrogens is 1. The lowest BCUT2D eigenvalue weighted by atomic mass is 10.2. The predicted octanol–water partition coefficient (Wildman–Crippen LogP) is 3.76. The lowest BCUT2D eigenvalue weighted by molar-refractivity contribution is 0.317. The highest BCUT2D eigenvalue weighted by molar-refractivity contribution is 8.93. The van der Waals surface area contributed by atoms with Crippen molar-refractivity contribution >= 4 is 17.0 Å². The summed E-state index contributed by atoms with van der Waals surface area (Å²) in [5, 5.41) is 0. The maximum atomic E-state index is 11.6. The third-order valence-corrected chi connectivity index (χ3v) is 2.90. The topological polar surface area (TPSA) is 55.0 Å². The molecule has 0 bridgehead atoms. The van der Waals surface area contributed by atoms with E-state index in [9.17, 15) is 4.79 Å². The monoisotopic (exact) mass is 352 g/mol. The van der Waals surface area contributed by atoms with Gasteiger partial charge in [-0.15, -0.1) is 17.0 Å². The Morgan fingerprint density at radius 3 is 2.48 bits per heavy atom. The summed E-state index contributed by atoms with van der Waals surface area (Å²) < 4.78 is 5.54. The Balaban J connectivity index is 0.00000220. The van der Waals surface area contributed by atoms with E-state index in [1.165, 1.54) is 0 Å². The van der Waals surface area contributed by atoms with E-state index in [-0.39, 0.29) is 22.5 Å². The molecule has 0 radical (unpaired) electrons. The van der Waals surface area contributed by atoms with E-state index in [0.717, 1.165) is 36.3 Å². The highest BCUT2D eigenvalue weighted by Gasteiger charge is 2.04. The molecule has 1 heterocycles. The highest BCUT2D eigenvalue weighted by Crippen LogP contribution is 2.19. The average molecular weight is 353 g/mol. The molecule has 1 aromatic carbocycles. The Hall–Kier alpha value is -1.62. The van der Waals surface area contributed by atoms with Crippen LogP contribution < -0.4 is 10.3 Å². The first-order chi connectivity index (χ1) is 9.72. The van der Waals surface area contributed by atoms with Crippen LogP contribution in [0.3, 0.4) is 0 Å². The van der Waals surface area contributed by atoms with Crippen molar-refractivity contribution in [3.8, 4) is 17.1 Å². The average Bonchev–Trinajstić information content (AvgIpc) is 2.45. The quantitative estimate of drug-likeness (QED) is 0.860. The van der Waals surface area contributed by atoms with Crippen molar-refractivity contribution in [2.75, 3.05) is 6.61 Å². The van der Waals surface area contributed by atoms with E-state index in [1.807, 2.05) is 24.3 Å². The van der Waals surface area contributed by atoms with Crippen molar-refractivity contribution in [3.05, 3.63) is 46.4 Å². The van der Waals surface area contributed by atoms with E-state index < -0.39 is 0 Å². The number of aryl methyl sites for hydroxylation is 1. The first-order valence-electron chi connectivity index (χ1n) is 7.06. The van der Waals surface area contributed by atoms with Crippen LogP contribution in [0.5, 0.6) is 5.75 Å². The molecule has 0 atom stereocenters. The molecular weight excluding hydrogens is 332 g/mol. The van der Waals surface area contributed by atoms with E-state index >= 15 is 0 Å². The zero-order valence-corrected chi connectivity index (χ0v) is 14.1. The number of nitrogens with one attached hydrogen (secondary N) is 1. The zero-order valence-electron chi connectivity index (χ0n) is 12.4. The summed E-state index contributed by atoms with van der Waals surface area (Å²) in [4.78, 5) is 18.9. The van der Waals surface area contributed by atoms with E-state index in [2.05, 4.69) is 23.8 Å². The summed E-state index contributed by atoms with van der Waals surface area (Å²) in [5.74, 6) is 1.45. The van der Waals surface area contributed by atoms with Gasteiger partial charge in [-0.25, -0.2) is 4.98 Å². The van der Waals surface area contributed by atoms with Crippen LogP contribution in [0.2, 0.25) is 0 Å². The van der Waals surface area contributed by atoms with Crippen molar-refractivity contribution < 1.29 is 4.74 Å². The second kappa shape index (κ2) is 8.62. The summed E-state index contributed by atoms with van der Waals surface area (Å²) in [7, 11) is 0. The number of nitrogens with zero attached hydrogens (tertiary/aromatic N) is 1. The summed E-state index contributed by atoms with van der Waals surface area (Å²) in [6.45, 7) is 4.85. The van der Waals surface area contributed by atoms with Gasteiger partial charge in [0.1, 0.15) is 11.6 Å². The fourth-order valence-corrected chi connectivity index (χ4v) is 1.96. The van der Waals surface area contributed by atoms with E-state index in [1.54, 1.807) is 6.07 Å². The molecule has 0 saturated carbocycles. The van der Waals surface area contributed by atoms with Crippen LogP contribution >= 0.6 is 17.0 Å². The molecule has 0 saturated heterocycles. The number of aromatic nitrogens is 2. The number of benzene rings is 1. The molecular formula is C16H21BrN2O2. The van der Waals surface area contributed by atoms with Crippen molar-refractivity contribution in [2.45, 2.75) is 33.1 Å². The van der Waals surface area contributed by atoms with Crippen LogP contribution in [-0.2, 0) is 6.42 Å². The number of hydrogen-bond acceptors (Lipinski definition) is 3. The fourth-order valence-electron chi connectivity index (χ4n) is 1.96. The van der Waals surface area contributed by atoms with Gasteiger partial charge in [0.25, 0.3) is 5.56 Å². The number of halogens is 1. The van der Waals surface area contributed by atoms with Gasteiger partial charge >= 0.3 is 0 Å². The van der Waals surface area contributed by atoms with Crippen LogP contribution in [0.15, 0.2) is 35.1 Å². The molecule has 0 unspecified atom stereocenters. The molecule has 21 heavy (non-hydrogen) atoms. The molecule has 0 aliphatic rings. The summed E-state index contributed by atoms with van der Waals surface area (Å²) in [6, 6.07) is 9.19. The number of ether oxygens (including phenoxy) is 1. The van der Waals surface area contributed by atoms with E-state index in [0.29, 0.717) is 12.4 Å². The van der Waals surface area contributed by atoms with Gasteiger partial charge in [-0.2, -0.15) is 0 Å². The molecule has 0 aliphatic heterocycles. The van der Waals surface area contributed by atoms with Crippen molar-refractivity contribution in [3.63, 3.8) is 0 Å². The second-order valence-electron chi connectivity index (χ2n) is 4.71. The predicted molar refractivity (Wildman–Crippen MR) is 90.4 cm³/mol. The molecule has 0 amide bonds. The van der Waals surface area contributed by atoms with Gasteiger partial charge in [0.2, 0.25) is 0 Å². The Bertz CT molecular complexity index is 608. The molecule has 1 N–H and O–H groups in total. The molecule has 1 aromatic heterocycles. The minimum Gasteiger partial charge on any atom is -0.494 e. The third-order valence-electron chi connectivity index (χ3n) is 2.90. The maximum Gasteiger partial charge on any atom is 0.251 e. The van der Waals surface area contributed by atoms with Gasteiger partial charge in [-0.1, -0.05) is 20.3 Å². The van der Waals surface area contributed by atoms with Crippen LogP contribution in [-0.4, -0.2) is 16.6 Å². The summed E-state index contributed by atoms with van der Waals surface area (Å²) >= 11 is 0. The smallest absolute Gasteiger partial charge is 0.251 e. The molecule has 5 heteroatoms. The molecule has 2 aromatic rings. The van der Waals surface area contributed by atoms with Gasteiger partial charge in [-0.3, -0.25) is 4.79 Å². The normalized spacial score (nSPS) is 10.0. The molecule has 0 fully saturated rings. The Labute approximate surface area is 135 Å². The van der Waals surface area contributed by atoms with Crippen LogP contribution in [0.25, 0.3) is 11.4 Å². The molecule has 0 aliphatic carbocycles. The van der Waals surface area contributed by atoms with Gasteiger partial charge < -0.3 is 9.72 Å². The van der Waals surface area contributed by atoms with Crippen LogP contribution in [0.1, 0.15) is 32.4 Å². The molecule has 2 rings (SSSR count). The van der Waals surface area contributed by atoms with Gasteiger partial charge in [-0.05, 0) is 37.1 Å². The number of aromatic amines is 1. The minimum atomic E-state index is -0.107. The third kappa shape index (κ3) is 5.01. The lowest BCUT2D eigenvalue weighted by Gasteiger charge is -2.06. The zero-order chi connectivity index (χ0) is 14.4.